The first-order chi connectivity index (χ1) is 12.7. The summed E-state index contributed by atoms with van der Waals surface area (Å²) in [6.45, 7) is 8.04. The molecule has 2 rings (SSSR count). The summed E-state index contributed by atoms with van der Waals surface area (Å²) in [5.74, 6) is 0.683. The number of nitrogens with one attached hydrogen (secondary N) is 2. The van der Waals surface area contributed by atoms with Crippen LogP contribution in [0.3, 0.4) is 0 Å². The van der Waals surface area contributed by atoms with Crippen molar-refractivity contribution in [2.75, 3.05) is 19.0 Å². The summed E-state index contributed by atoms with van der Waals surface area (Å²) in [4.78, 5) is 26.7. The summed E-state index contributed by atoms with van der Waals surface area (Å²) < 4.78 is 10.5. The normalized spacial score (nSPS) is 18.4. The fraction of sp³-hybridized carbons (Fsp3) is 0.600. The number of methoxy groups -OCH3 is 1. The molecule has 7 nitrogen and oxygen atoms in total. The molecule has 1 aliphatic heterocycles. The van der Waals surface area contributed by atoms with Gasteiger partial charge in [-0.15, -0.1) is 0 Å². The molecule has 1 heterocycles. The number of rotatable bonds is 4. The lowest BCUT2D eigenvalue weighted by Gasteiger charge is -2.39. The van der Waals surface area contributed by atoms with E-state index in [1.165, 1.54) is 0 Å². The predicted octanol–water partition coefficient (Wildman–Crippen LogP) is 3.99. The van der Waals surface area contributed by atoms with Crippen LogP contribution in [0, 0.1) is 0 Å². The number of carbonyl (C=O) groups excluding carboxylic acids is 2. The number of benzene rings is 1. The van der Waals surface area contributed by atoms with Crippen LogP contribution in [0.5, 0.6) is 5.75 Å². The summed E-state index contributed by atoms with van der Waals surface area (Å²) in [6, 6.07) is 6.78. The molecule has 27 heavy (non-hydrogen) atoms. The first-order valence-corrected chi connectivity index (χ1v) is 9.41. The van der Waals surface area contributed by atoms with Crippen LogP contribution in [-0.2, 0) is 4.74 Å². The summed E-state index contributed by atoms with van der Waals surface area (Å²) in [7, 11) is 1.59. The lowest BCUT2D eigenvalue weighted by Crippen LogP contribution is -2.55. The first-order valence-electron chi connectivity index (χ1n) is 9.41. The zero-order valence-electron chi connectivity index (χ0n) is 16.9. The average molecular weight is 377 g/mol. The second-order valence-corrected chi connectivity index (χ2v) is 7.85. The quantitative estimate of drug-likeness (QED) is 0.831. The third-order valence-electron chi connectivity index (χ3n) is 4.45. The molecule has 0 aliphatic carbocycles. The average Bonchev–Trinajstić information content (AvgIpc) is 2.60. The summed E-state index contributed by atoms with van der Waals surface area (Å²) in [5, 5.41) is 5.80. The second-order valence-electron chi connectivity index (χ2n) is 7.85. The number of hydrogen-bond donors (Lipinski definition) is 2. The van der Waals surface area contributed by atoms with E-state index in [9.17, 15) is 9.59 Å². The number of alkyl carbamates (subject to hydrolysis) is 1. The Labute approximate surface area is 161 Å². The number of amides is 3. The minimum Gasteiger partial charge on any atom is -0.497 e. The van der Waals surface area contributed by atoms with Gasteiger partial charge in [0.2, 0.25) is 0 Å². The smallest absolute Gasteiger partial charge is 0.407 e. The van der Waals surface area contributed by atoms with Gasteiger partial charge < -0.3 is 25.0 Å². The molecule has 0 bridgehead atoms. The van der Waals surface area contributed by atoms with E-state index in [4.69, 9.17) is 9.47 Å². The van der Waals surface area contributed by atoms with Crippen LogP contribution in [-0.4, -0.2) is 48.4 Å². The van der Waals surface area contributed by atoms with Gasteiger partial charge in [0, 0.05) is 24.3 Å². The van der Waals surface area contributed by atoms with Crippen molar-refractivity contribution < 1.29 is 19.1 Å². The van der Waals surface area contributed by atoms with Crippen LogP contribution in [0.25, 0.3) is 0 Å². The molecule has 0 saturated carbocycles. The Bertz CT molecular complexity index is 657. The van der Waals surface area contributed by atoms with E-state index in [-0.39, 0.29) is 18.1 Å². The maximum atomic E-state index is 12.8. The molecule has 1 aliphatic rings. The third kappa shape index (κ3) is 6.34. The standard InChI is InChI=1S/C20H31N3O4/c1-14(21-19(25)27-20(2,3)4)17-11-6-7-12-23(17)18(24)22-15-9-8-10-16(13-15)26-5/h8-10,13-14,17H,6-7,11-12H2,1-5H3,(H,21,25)(H,22,24). The highest BCUT2D eigenvalue weighted by Gasteiger charge is 2.32. The Kier molecular flexibility index (Phi) is 6.93. The molecule has 2 N–H and O–H groups in total. The Morgan fingerprint density at radius 2 is 2.00 bits per heavy atom. The van der Waals surface area contributed by atoms with E-state index >= 15 is 0 Å². The molecule has 0 spiro atoms. The molecular weight excluding hydrogens is 346 g/mol. The van der Waals surface area contributed by atoms with Gasteiger partial charge in [0.15, 0.2) is 0 Å². The van der Waals surface area contributed by atoms with Crippen molar-refractivity contribution in [3.05, 3.63) is 24.3 Å². The molecular formula is C20H31N3O4. The molecule has 7 heteroatoms. The number of nitrogens with zero attached hydrogens (tertiary/aromatic N) is 1. The van der Waals surface area contributed by atoms with E-state index in [0.717, 1.165) is 19.3 Å². The fourth-order valence-corrected chi connectivity index (χ4v) is 3.22. The van der Waals surface area contributed by atoms with Gasteiger partial charge in [0.25, 0.3) is 0 Å². The summed E-state index contributed by atoms with van der Waals surface area (Å²) in [5.41, 5.74) is 0.121. The highest BCUT2D eigenvalue weighted by Crippen LogP contribution is 2.23. The summed E-state index contributed by atoms with van der Waals surface area (Å²) >= 11 is 0. The Hall–Kier alpha value is -2.44. The van der Waals surface area contributed by atoms with E-state index in [1.54, 1.807) is 18.1 Å². The zero-order chi connectivity index (χ0) is 20.0. The number of likely N-dealkylation sites (tertiary alicyclic amines) is 1. The number of hydrogen-bond acceptors (Lipinski definition) is 4. The van der Waals surface area contributed by atoms with Crippen LogP contribution in [0.2, 0.25) is 0 Å². The van der Waals surface area contributed by atoms with Gasteiger partial charge in [-0.1, -0.05) is 6.07 Å². The topological polar surface area (TPSA) is 79.9 Å². The molecule has 2 unspecified atom stereocenters. The molecule has 0 aromatic heterocycles. The molecule has 150 valence electrons. The van der Waals surface area contributed by atoms with Gasteiger partial charge in [0.1, 0.15) is 11.4 Å². The van der Waals surface area contributed by atoms with Crippen molar-refractivity contribution in [2.24, 2.45) is 0 Å². The first kappa shape index (κ1) is 20.9. The number of urea groups is 1. The minimum absolute atomic E-state index is 0.0862. The number of anilines is 1. The van der Waals surface area contributed by atoms with Crippen molar-refractivity contribution in [2.45, 2.75) is 64.6 Å². The summed E-state index contributed by atoms with van der Waals surface area (Å²) in [6.07, 6.45) is 2.34. The van der Waals surface area contributed by atoms with Gasteiger partial charge in [-0.3, -0.25) is 0 Å². The fourth-order valence-electron chi connectivity index (χ4n) is 3.22. The molecule has 1 fully saturated rings. The number of piperidine rings is 1. The molecule has 3 amide bonds. The van der Waals surface area contributed by atoms with Crippen molar-refractivity contribution in [1.29, 1.82) is 0 Å². The van der Waals surface area contributed by atoms with E-state index in [1.807, 2.05) is 45.9 Å². The SMILES string of the molecule is COc1cccc(NC(=O)N2CCCCC2C(C)NC(=O)OC(C)(C)C)c1. The second kappa shape index (κ2) is 8.97. The highest BCUT2D eigenvalue weighted by atomic mass is 16.6. The largest absolute Gasteiger partial charge is 0.497 e. The lowest BCUT2D eigenvalue weighted by atomic mass is 9.97. The lowest BCUT2D eigenvalue weighted by molar-refractivity contribution is 0.0465. The van der Waals surface area contributed by atoms with E-state index in [2.05, 4.69) is 10.6 Å². The van der Waals surface area contributed by atoms with Crippen LogP contribution >= 0.6 is 0 Å². The van der Waals surface area contributed by atoms with Crippen molar-refractivity contribution in [1.82, 2.24) is 10.2 Å². The third-order valence-corrected chi connectivity index (χ3v) is 4.45. The van der Waals surface area contributed by atoms with Crippen LogP contribution < -0.4 is 15.4 Å². The van der Waals surface area contributed by atoms with E-state index < -0.39 is 11.7 Å². The molecule has 1 aromatic carbocycles. The Morgan fingerprint density at radius 1 is 1.26 bits per heavy atom. The van der Waals surface area contributed by atoms with Gasteiger partial charge in [-0.05, 0) is 59.1 Å². The highest BCUT2D eigenvalue weighted by molar-refractivity contribution is 5.90. The van der Waals surface area contributed by atoms with Crippen LogP contribution in [0.15, 0.2) is 24.3 Å². The van der Waals surface area contributed by atoms with Crippen LogP contribution in [0.1, 0.15) is 47.0 Å². The Morgan fingerprint density at radius 3 is 2.67 bits per heavy atom. The van der Waals surface area contributed by atoms with E-state index in [0.29, 0.717) is 18.0 Å². The maximum Gasteiger partial charge on any atom is 0.407 e. The maximum absolute atomic E-state index is 12.8. The van der Waals surface area contributed by atoms with Crippen molar-refractivity contribution in [3.8, 4) is 5.75 Å². The monoisotopic (exact) mass is 377 g/mol. The molecule has 1 saturated heterocycles. The van der Waals surface area contributed by atoms with Crippen LogP contribution in [0.4, 0.5) is 15.3 Å². The minimum atomic E-state index is -0.556. The zero-order valence-corrected chi connectivity index (χ0v) is 16.9. The number of ether oxygens (including phenoxy) is 2. The van der Waals surface area contributed by atoms with Crippen molar-refractivity contribution in [3.63, 3.8) is 0 Å². The Balaban J connectivity index is 2.02. The molecule has 2 atom stereocenters. The predicted molar refractivity (Wildman–Crippen MR) is 105 cm³/mol. The van der Waals surface area contributed by atoms with Crippen molar-refractivity contribution >= 4 is 17.8 Å². The number of carbonyl (C=O) groups is 2. The van der Waals surface area contributed by atoms with Gasteiger partial charge in [0.05, 0.1) is 13.2 Å². The van der Waals surface area contributed by atoms with Gasteiger partial charge in [-0.2, -0.15) is 0 Å². The molecule has 0 radical (unpaired) electrons. The van der Waals surface area contributed by atoms with Gasteiger partial charge >= 0.3 is 12.1 Å². The van der Waals surface area contributed by atoms with Gasteiger partial charge in [-0.25, -0.2) is 9.59 Å². The molecule has 1 aromatic rings.